The maximum atomic E-state index is 12.3. The predicted molar refractivity (Wildman–Crippen MR) is 80.3 cm³/mol. The van der Waals surface area contributed by atoms with Gasteiger partial charge in [-0.2, -0.15) is 8.75 Å². The third-order valence-corrected chi connectivity index (χ3v) is 4.49. The first kappa shape index (κ1) is 15.3. The fourth-order valence-electron chi connectivity index (χ4n) is 2.82. The van der Waals surface area contributed by atoms with Crippen LogP contribution in [0.2, 0.25) is 0 Å². The molecule has 1 fully saturated rings. The van der Waals surface area contributed by atoms with Gasteiger partial charge in [0.1, 0.15) is 5.52 Å². The molecule has 0 spiro atoms. The second-order valence-corrected chi connectivity index (χ2v) is 5.87. The zero-order chi connectivity index (χ0) is 16.6. The van der Waals surface area contributed by atoms with Crippen LogP contribution in [0.4, 0.5) is 5.69 Å². The maximum absolute atomic E-state index is 12.3. The fraction of sp³-hybridized carbons (Fsp3) is 0.385. The Morgan fingerprint density at radius 2 is 2.13 bits per heavy atom. The minimum atomic E-state index is -0.946. The summed E-state index contributed by atoms with van der Waals surface area (Å²) in [6, 6.07) is 2.10. The minimum absolute atomic E-state index is 0.0768. The van der Waals surface area contributed by atoms with E-state index in [4.69, 9.17) is 5.11 Å². The molecule has 23 heavy (non-hydrogen) atoms. The number of nitro benzene ring substituents is 1. The van der Waals surface area contributed by atoms with E-state index >= 15 is 0 Å². The normalized spacial score (nSPS) is 20.5. The first-order valence-corrected chi connectivity index (χ1v) is 7.65. The number of nitrogens with zero attached hydrogens (tertiary/aromatic N) is 3. The SMILES string of the molecule is O=C(N[C@H]1CCC[C@H]1C(=O)O)c1cc([N+](=O)[O-])c2nsnc2c1. The van der Waals surface area contributed by atoms with Crippen molar-refractivity contribution in [1.82, 2.24) is 14.1 Å². The van der Waals surface area contributed by atoms with Crippen molar-refractivity contribution in [3.63, 3.8) is 0 Å². The topological polar surface area (TPSA) is 135 Å². The Morgan fingerprint density at radius 1 is 1.35 bits per heavy atom. The number of fused-ring (bicyclic) bond motifs is 1. The second kappa shape index (κ2) is 5.88. The summed E-state index contributed by atoms with van der Waals surface area (Å²) < 4.78 is 7.79. The van der Waals surface area contributed by atoms with Gasteiger partial charge in [0.15, 0.2) is 5.52 Å². The van der Waals surface area contributed by atoms with E-state index in [0.717, 1.165) is 24.2 Å². The van der Waals surface area contributed by atoms with Crippen molar-refractivity contribution < 1.29 is 19.6 Å². The lowest BCUT2D eigenvalue weighted by Gasteiger charge is -2.17. The smallest absolute Gasteiger partial charge is 0.308 e. The lowest BCUT2D eigenvalue weighted by molar-refractivity contribution is -0.383. The third-order valence-electron chi connectivity index (χ3n) is 3.95. The molecule has 1 amide bonds. The van der Waals surface area contributed by atoms with E-state index in [-0.39, 0.29) is 22.3 Å². The summed E-state index contributed by atoms with van der Waals surface area (Å²) >= 11 is 0.828. The van der Waals surface area contributed by atoms with Gasteiger partial charge in [-0.3, -0.25) is 19.7 Å². The van der Waals surface area contributed by atoms with Crippen LogP contribution in [0.3, 0.4) is 0 Å². The predicted octanol–water partition coefficient (Wildman–Crippen LogP) is 1.58. The molecule has 0 aliphatic heterocycles. The second-order valence-electron chi connectivity index (χ2n) is 5.34. The first-order valence-electron chi connectivity index (χ1n) is 6.91. The van der Waals surface area contributed by atoms with Gasteiger partial charge in [-0.1, -0.05) is 6.42 Å². The lowest BCUT2D eigenvalue weighted by atomic mass is 10.0. The zero-order valence-corrected chi connectivity index (χ0v) is 12.6. The van der Waals surface area contributed by atoms with Crippen LogP contribution in [-0.2, 0) is 4.79 Å². The molecule has 1 saturated carbocycles. The Hall–Kier alpha value is -2.62. The van der Waals surface area contributed by atoms with Crippen LogP contribution in [0.15, 0.2) is 12.1 Å². The number of carboxylic acid groups (broad SMARTS) is 1. The number of hydrogen-bond donors (Lipinski definition) is 2. The van der Waals surface area contributed by atoms with Crippen molar-refractivity contribution in [3.8, 4) is 0 Å². The van der Waals surface area contributed by atoms with Crippen LogP contribution in [0.25, 0.3) is 11.0 Å². The fourth-order valence-corrected chi connectivity index (χ4v) is 3.36. The highest BCUT2D eigenvalue weighted by molar-refractivity contribution is 7.00. The number of non-ortho nitro benzene ring substituents is 1. The van der Waals surface area contributed by atoms with Gasteiger partial charge < -0.3 is 10.4 Å². The molecule has 2 N–H and O–H groups in total. The van der Waals surface area contributed by atoms with Crippen LogP contribution in [0.1, 0.15) is 29.6 Å². The van der Waals surface area contributed by atoms with Crippen molar-refractivity contribution in [2.24, 2.45) is 5.92 Å². The number of hydrogen-bond acceptors (Lipinski definition) is 7. The molecule has 1 aromatic carbocycles. The van der Waals surface area contributed by atoms with Crippen LogP contribution < -0.4 is 5.32 Å². The Kier molecular flexibility index (Phi) is 3.90. The van der Waals surface area contributed by atoms with E-state index in [1.807, 2.05) is 0 Å². The summed E-state index contributed by atoms with van der Waals surface area (Å²) in [4.78, 5) is 34.0. The molecular formula is C13H12N4O5S. The van der Waals surface area contributed by atoms with E-state index in [9.17, 15) is 19.7 Å². The average Bonchev–Trinajstić information content (AvgIpc) is 3.13. The van der Waals surface area contributed by atoms with Gasteiger partial charge >= 0.3 is 5.97 Å². The number of nitrogens with one attached hydrogen (secondary N) is 1. The highest BCUT2D eigenvalue weighted by atomic mass is 32.1. The van der Waals surface area contributed by atoms with Gasteiger partial charge in [0.2, 0.25) is 0 Å². The van der Waals surface area contributed by atoms with Crippen LogP contribution in [-0.4, -0.2) is 36.7 Å². The van der Waals surface area contributed by atoms with Crippen molar-refractivity contribution in [1.29, 1.82) is 0 Å². The molecule has 1 aliphatic rings. The number of aromatic nitrogens is 2. The third kappa shape index (κ3) is 2.84. The standard InChI is InChI=1S/C13H12N4O5S/c18-12(14-8-3-1-2-7(8)13(19)20)6-4-9-11(16-23-15-9)10(5-6)17(21)22/h4-5,7-8H,1-3H2,(H,14,18)(H,19,20)/t7-,8+/m1/s1. The van der Waals surface area contributed by atoms with Crippen molar-refractivity contribution >= 4 is 40.3 Å². The van der Waals surface area contributed by atoms with E-state index in [1.165, 1.54) is 6.07 Å². The molecule has 1 aliphatic carbocycles. The van der Waals surface area contributed by atoms with Crippen LogP contribution >= 0.6 is 11.7 Å². The molecule has 3 rings (SSSR count). The lowest BCUT2D eigenvalue weighted by Crippen LogP contribution is -2.40. The highest BCUT2D eigenvalue weighted by Crippen LogP contribution is 2.28. The average molecular weight is 336 g/mol. The zero-order valence-electron chi connectivity index (χ0n) is 11.8. The van der Waals surface area contributed by atoms with Gasteiger partial charge in [-0.15, -0.1) is 0 Å². The molecule has 1 aromatic heterocycles. The number of benzene rings is 1. The molecule has 10 heteroatoms. The number of amides is 1. The summed E-state index contributed by atoms with van der Waals surface area (Å²) in [7, 11) is 0. The monoisotopic (exact) mass is 336 g/mol. The molecule has 0 unspecified atom stereocenters. The van der Waals surface area contributed by atoms with E-state index in [2.05, 4.69) is 14.1 Å². The summed E-state index contributed by atoms with van der Waals surface area (Å²) in [5.41, 5.74) is 0.201. The van der Waals surface area contributed by atoms with E-state index < -0.39 is 28.8 Å². The molecule has 2 aromatic rings. The van der Waals surface area contributed by atoms with Gasteiger partial charge in [0.25, 0.3) is 11.6 Å². The molecule has 120 valence electrons. The molecule has 1 heterocycles. The van der Waals surface area contributed by atoms with Crippen molar-refractivity contribution in [3.05, 3.63) is 27.8 Å². The van der Waals surface area contributed by atoms with Gasteiger partial charge in [0, 0.05) is 17.7 Å². The summed E-state index contributed by atoms with van der Waals surface area (Å²) in [6.07, 6.45) is 1.80. The summed E-state index contributed by atoms with van der Waals surface area (Å²) in [6.45, 7) is 0. The molecular weight excluding hydrogens is 324 g/mol. The first-order chi connectivity index (χ1) is 11.0. The number of carbonyl (C=O) groups is 2. The number of carbonyl (C=O) groups excluding carboxylic acids is 1. The Bertz CT molecular complexity index is 805. The number of nitro groups is 1. The van der Waals surface area contributed by atoms with Gasteiger partial charge in [-0.05, 0) is 18.9 Å². The molecule has 0 saturated heterocycles. The minimum Gasteiger partial charge on any atom is -0.481 e. The Morgan fingerprint density at radius 3 is 2.83 bits per heavy atom. The van der Waals surface area contributed by atoms with Crippen LogP contribution in [0.5, 0.6) is 0 Å². The van der Waals surface area contributed by atoms with E-state index in [0.29, 0.717) is 12.8 Å². The number of carboxylic acids is 1. The number of aliphatic carboxylic acids is 1. The summed E-state index contributed by atoms with van der Waals surface area (Å²) in [5.74, 6) is -2.11. The number of rotatable bonds is 4. The van der Waals surface area contributed by atoms with Crippen molar-refractivity contribution in [2.75, 3.05) is 0 Å². The molecule has 0 radical (unpaired) electrons. The van der Waals surface area contributed by atoms with E-state index in [1.54, 1.807) is 0 Å². The van der Waals surface area contributed by atoms with Crippen LogP contribution in [0, 0.1) is 16.0 Å². The molecule has 2 atom stereocenters. The van der Waals surface area contributed by atoms with Gasteiger partial charge in [-0.25, -0.2) is 0 Å². The largest absolute Gasteiger partial charge is 0.481 e. The Balaban J connectivity index is 1.89. The quantitative estimate of drug-likeness (QED) is 0.639. The maximum Gasteiger partial charge on any atom is 0.308 e. The highest BCUT2D eigenvalue weighted by Gasteiger charge is 2.34. The molecule has 0 bridgehead atoms. The Labute approximate surface area is 133 Å². The van der Waals surface area contributed by atoms with Crippen molar-refractivity contribution in [2.45, 2.75) is 25.3 Å². The summed E-state index contributed by atoms with van der Waals surface area (Å²) in [5, 5.41) is 22.9. The molecule has 9 nitrogen and oxygen atoms in total. The van der Waals surface area contributed by atoms with Gasteiger partial charge in [0.05, 0.1) is 22.6 Å².